The zero-order valence-corrected chi connectivity index (χ0v) is 18.8. The monoisotopic (exact) mass is 458 g/mol. The van der Waals surface area contributed by atoms with Crippen LogP contribution in [0.5, 0.6) is 11.5 Å². The molecule has 0 radical (unpaired) electrons. The summed E-state index contributed by atoms with van der Waals surface area (Å²) in [5.74, 6) is 0.561. The predicted octanol–water partition coefficient (Wildman–Crippen LogP) is 3.35. The van der Waals surface area contributed by atoms with Crippen molar-refractivity contribution in [3.8, 4) is 11.5 Å². The highest BCUT2D eigenvalue weighted by Gasteiger charge is 2.46. The number of aromatic hydroxyl groups is 1. The molecule has 0 atom stereocenters. The van der Waals surface area contributed by atoms with Gasteiger partial charge in [-0.3, -0.25) is 10.2 Å². The van der Waals surface area contributed by atoms with Crippen LogP contribution in [-0.2, 0) is 4.79 Å². The van der Waals surface area contributed by atoms with Crippen LogP contribution in [0.1, 0.15) is 24.0 Å². The van der Waals surface area contributed by atoms with Gasteiger partial charge in [-0.25, -0.2) is 9.97 Å². The normalized spacial score (nSPS) is 13.6. The first-order chi connectivity index (χ1) is 16.4. The van der Waals surface area contributed by atoms with Gasteiger partial charge in [0.25, 0.3) is 0 Å². The number of aromatic nitrogens is 2. The third-order valence-corrected chi connectivity index (χ3v) is 5.80. The number of nitrogens with one attached hydrogen (secondary N) is 2. The number of phenols is 1. The molecule has 9 heteroatoms. The second-order valence-electron chi connectivity index (χ2n) is 8.11. The second kappa shape index (κ2) is 9.22. The van der Waals surface area contributed by atoms with E-state index in [2.05, 4.69) is 21.9 Å². The Morgan fingerprint density at radius 3 is 2.68 bits per heavy atom. The van der Waals surface area contributed by atoms with E-state index in [-0.39, 0.29) is 28.9 Å². The van der Waals surface area contributed by atoms with Crippen LogP contribution < -0.4 is 20.7 Å². The maximum atomic E-state index is 12.6. The molecule has 1 aliphatic carbocycles. The van der Waals surface area contributed by atoms with E-state index in [0.717, 1.165) is 18.5 Å². The van der Waals surface area contributed by atoms with E-state index in [4.69, 9.17) is 15.9 Å². The van der Waals surface area contributed by atoms with Crippen molar-refractivity contribution in [3.05, 3.63) is 78.6 Å². The molecule has 0 aliphatic heterocycles. The van der Waals surface area contributed by atoms with Crippen molar-refractivity contribution in [3.63, 3.8) is 0 Å². The summed E-state index contributed by atoms with van der Waals surface area (Å²) >= 11 is 0. The fourth-order valence-corrected chi connectivity index (χ4v) is 3.76. The molecule has 1 heterocycles. The molecule has 4 rings (SSSR count). The number of phenolic OH excluding ortho intramolecular Hbond substituents is 1. The maximum absolute atomic E-state index is 12.6. The van der Waals surface area contributed by atoms with Crippen molar-refractivity contribution in [1.82, 2.24) is 9.97 Å². The molecule has 34 heavy (non-hydrogen) atoms. The van der Waals surface area contributed by atoms with Gasteiger partial charge in [-0.2, -0.15) is 0 Å². The summed E-state index contributed by atoms with van der Waals surface area (Å²) in [6.45, 7) is 4.03. The van der Waals surface area contributed by atoms with Crippen molar-refractivity contribution in [2.45, 2.75) is 18.4 Å². The lowest BCUT2D eigenvalue weighted by atomic mass is 10.0. The number of nitrogens with two attached hydrogens (primary N) is 1. The van der Waals surface area contributed by atoms with Gasteiger partial charge in [-0.1, -0.05) is 24.8 Å². The van der Waals surface area contributed by atoms with Crippen LogP contribution in [0.3, 0.4) is 0 Å². The van der Waals surface area contributed by atoms with Crippen molar-refractivity contribution < 1.29 is 14.6 Å². The molecule has 2 aromatic carbocycles. The number of carbonyl (C=O) groups excluding carboxylic acids is 1. The Balaban J connectivity index is 1.65. The van der Waals surface area contributed by atoms with Crippen LogP contribution in [0.4, 0.5) is 17.3 Å². The average Bonchev–Trinajstić information content (AvgIpc) is 3.61. The van der Waals surface area contributed by atoms with Crippen LogP contribution >= 0.6 is 0 Å². The van der Waals surface area contributed by atoms with Crippen LogP contribution in [0.2, 0.25) is 0 Å². The number of rotatable bonds is 9. The molecular formula is C25H26N6O3. The molecule has 5 N–H and O–H groups in total. The average molecular weight is 459 g/mol. The summed E-state index contributed by atoms with van der Waals surface area (Å²) in [4.78, 5) is 22.8. The third kappa shape index (κ3) is 4.54. The summed E-state index contributed by atoms with van der Waals surface area (Å²) < 4.78 is 5.17. The molecular weight excluding hydrogens is 432 g/mol. The highest BCUT2D eigenvalue weighted by Crippen LogP contribution is 2.41. The first-order valence-corrected chi connectivity index (χ1v) is 10.7. The predicted molar refractivity (Wildman–Crippen MR) is 132 cm³/mol. The molecule has 1 saturated carbocycles. The Hall–Kier alpha value is -4.40. The van der Waals surface area contributed by atoms with E-state index in [9.17, 15) is 9.90 Å². The Labute approximate surface area is 197 Å². The zero-order valence-electron chi connectivity index (χ0n) is 18.8. The minimum absolute atomic E-state index is 0.0282. The minimum Gasteiger partial charge on any atom is -0.504 e. The third-order valence-electron chi connectivity index (χ3n) is 5.80. The number of benzene rings is 2. The van der Waals surface area contributed by atoms with Gasteiger partial charge in [-0.15, -0.1) is 0 Å². The zero-order chi connectivity index (χ0) is 24.3. The van der Waals surface area contributed by atoms with Crippen molar-refractivity contribution in [1.29, 1.82) is 5.41 Å². The fourth-order valence-electron chi connectivity index (χ4n) is 3.76. The van der Waals surface area contributed by atoms with Crippen molar-refractivity contribution in [2.24, 2.45) is 0 Å². The highest BCUT2D eigenvalue weighted by molar-refractivity contribution is 6.16. The minimum atomic E-state index is -0.434. The van der Waals surface area contributed by atoms with Crippen molar-refractivity contribution in [2.75, 3.05) is 29.6 Å². The molecule has 0 spiro atoms. The molecule has 1 aromatic heterocycles. The number of hydrogen-bond acceptors (Lipinski definition) is 8. The second-order valence-corrected chi connectivity index (χ2v) is 8.11. The number of nitrogen functional groups attached to an aromatic ring is 1. The van der Waals surface area contributed by atoms with Crippen LogP contribution in [0.25, 0.3) is 0 Å². The molecule has 1 amide bonds. The first kappa shape index (κ1) is 22.8. The SMILES string of the molecule is C=CC(=O)N(CC1(Nc2ncnc(N)c2C(=N)c2ccc(O)c(OC)c2)CC1)c1ccccc1. The topological polar surface area (TPSA) is 137 Å². The number of carbonyl (C=O) groups is 1. The molecule has 9 nitrogen and oxygen atoms in total. The maximum Gasteiger partial charge on any atom is 0.250 e. The molecule has 1 fully saturated rings. The summed E-state index contributed by atoms with van der Waals surface area (Å²) in [5.41, 5.74) is 7.41. The number of para-hydroxylation sites is 1. The summed E-state index contributed by atoms with van der Waals surface area (Å²) in [7, 11) is 1.44. The van der Waals surface area contributed by atoms with Gasteiger partial charge in [0, 0.05) is 17.8 Å². The smallest absolute Gasteiger partial charge is 0.250 e. The van der Waals surface area contributed by atoms with E-state index in [1.807, 2.05) is 30.3 Å². The Morgan fingerprint density at radius 1 is 1.29 bits per heavy atom. The Bertz CT molecular complexity index is 1240. The number of methoxy groups -OCH3 is 1. The first-order valence-electron chi connectivity index (χ1n) is 10.7. The van der Waals surface area contributed by atoms with Crippen molar-refractivity contribution >= 4 is 28.9 Å². The van der Waals surface area contributed by atoms with E-state index in [1.165, 1.54) is 25.6 Å². The lowest BCUT2D eigenvalue weighted by Crippen LogP contribution is -2.42. The standard InChI is InChI=1S/C25H26N6O3/c1-3-20(33)31(17-7-5-4-6-8-17)14-25(11-12-25)30-24-21(23(27)28-15-29-24)22(26)16-9-10-18(32)19(13-16)34-2/h3-10,13,15,26,32H,1,11-12,14H2,2H3,(H3,27,28,29,30). The molecule has 0 bridgehead atoms. The lowest BCUT2D eigenvalue weighted by Gasteiger charge is -2.28. The fraction of sp³-hybridized carbons (Fsp3) is 0.200. The number of ether oxygens (including phenoxy) is 1. The van der Waals surface area contributed by atoms with E-state index in [0.29, 0.717) is 23.5 Å². The summed E-state index contributed by atoms with van der Waals surface area (Å²) in [5, 5.41) is 22.1. The number of anilines is 3. The van der Waals surface area contributed by atoms with Crippen LogP contribution in [0.15, 0.2) is 67.5 Å². The van der Waals surface area contributed by atoms with Gasteiger partial charge in [0.1, 0.15) is 18.0 Å². The van der Waals surface area contributed by atoms with Gasteiger partial charge in [-0.05, 0) is 49.2 Å². The van der Waals surface area contributed by atoms with Gasteiger partial charge in [0.05, 0.1) is 23.9 Å². The quantitative estimate of drug-likeness (QED) is 0.285. The van der Waals surface area contributed by atoms with E-state index >= 15 is 0 Å². The number of hydrogen-bond donors (Lipinski definition) is 4. The molecule has 3 aromatic rings. The van der Waals surface area contributed by atoms with E-state index in [1.54, 1.807) is 17.0 Å². The van der Waals surface area contributed by atoms with Gasteiger partial charge < -0.3 is 25.8 Å². The molecule has 174 valence electrons. The molecule has 0 saturated heterocycles. The lowest BCUT2D eigenvalue weighted by molar-refractivity contribution is -0.114. The molecule has 1 aliphatic rings. The van der Waals surface area contributed by atoms with Gasteiger partial charge >= 0.3 is 0 Å². The summed E-state index contributed by atoms with van der Waals surface area (Å²) in [6.07, 6.45) is 4.26. The van der Waals surface area contributed by atoms with Gasteiger partial charge in [0.2, 0.25) is 5.91 Å². The largest absolute Gasteiger partial charge is 0.504 e. The van der Waals surface area contributed by atoms with Crippen LogP contribution in [-0.4, -0.2) is 45.9 Å². The molecule has 0 unspecified atom stereocenters. The van der Waals surface area contributed by atoms with Gasteiger partial charge in [0.15, 0.2) is 11.5 Å². The Morgan fingerprint density at radius 2 is 2.03 bits per heavy atom. The highest BCUT2D eigenvalue weighted by atomic mass is 16.5. The summed E-state index contributed by atoms with van der Waals surface area (Å²) in [6, 6.07) is 14.0. The number of nitrogens with zero attached hydrogens (tertiary/aromatic N) is 3. The van der Waals surface area contributed by atoms with E-state index < -0.39 is 5.54 Å². The van der Waals surface area contributed by atoms with Crippen LogP contribution in [0, 0.1) is 5.41 Å². The Kier molecular flexibility index (Phi) is 6.18. The number of amides is 1.